The highest BCUT2D eigenvalue weighted by molar-refractivity contribution is 5.33. The molecule has 2 nitrogen and oxygen atoms in total. The van der Waals surface area contributed by atoms with Crippen LogP contribution in [0.1, 0.15) is 24.0 Å². The zero-order valence-electron chi connectivity index (χ0n) is 12.2. The first-order valence-electron chi connectivity index (χ1n) is 7.19. The molecule has 0 saturated heterocycles. The Morgan fingerprint density at radius 1 is 0.900 bits per heavy atom. The summed E-state index contributed by atoms with van der Waals surface area (Å²) in [5, 5.41) is 10.7. The van der Waals surface area contributed by atoms with Gasteiger partial charge in [-0.3, -0.25) is 0 Å². The Morgan fingerprint density at radius 2 is 1.35 bits per heavy atom. The van der Waals surface area contributed by atoms with Crippen LogP contribution < -0.4 is 0 Å². The highest BCUT2D eigenvalue weighted by Crippen LogP contribution is 2.28. The van der Waals surface area contributed by atoms with Crippen molar-refractivity contribution in [3.63, 3.8) is 0 Å². The fourth-order valence-electron chi connectivity index (χ4n) is 2.51. The molecule has 2 rings (SSSR count). The molecule has 0 bridgehead atoms. The Hall–Kier alpha value is -1.64. The molecule has 106 valence electrons. The molecule has 2 aromatic rings. The predicted molar refractivity (Wildman–Crippen MR) is 83.9 cm³/mol. The molecular formula is C18H23NO. The van der Waals surface area contributed by atoms with E-state index in [0.717, 1.165) is 17.7 Å². The van der Waals surface area contributed by atoms with E-state index in [1.54, 1.807) is 0 Å². The second-order valence-electron chi connectivity index (χ2n) is 5.22. The molecule has 0 aliphatic heterocycles. The number of hydrogen-bond donors (Lipinski definition) is 1. The molecule has 0 aliphatic carbocycles. The quantitative estimate of drug-likeness (QED) is 0.871. The molecule has 20 heavy (non-hydrogen) atoms. The van der Waals surface area contributed by atoms with Gasteiger partial charge in [0.2, 0.25) is 0 Å². The maximum Gasteiger partial charge on any atom is 0.0775 e. The number of rotatable bonds is 6. The van der Waals surface area contributed by atoms with E-state index in [1.165, 1.54) is 0 Å². The average Bonchev–Trinajstić information content (AvgIpc) is 2.49. The number of hydrogen-bond acceptors (Lipinski definition) is 2. The average molecular weight is 269 g/mol. The van der Waals surface area contributed by atoms with Crippen LogP contribution in [-0.4, -0.2) is 36.2 Å². The van der Waals surface area contributed by atoms with Crippen molar-refractivity contribution in [3.05, 3.63) is 71.8 Å². The van der Waals surface area contributed by atoms with E-state index in [2.05, 4.69) is 36.1 Å². The molecule has 0 radical (unpaired) electrons. The lowest BCUT2D eigenvalue weighted by Crippen LogP contribution is -2.33. The van der Waals surface area contributed by atoms with Crippen LogP contribution in [0.2, 0.25) is 0 Å². The maximum atomic E-state index is 10.7. The number of aliphatic hydroxyl groups excluding tert-OH is 1. The summed E-state index contributed by atoms with van der Waals surface area (Å²) in [7, 11) is 2.04. The van der Waals surface area contributed by atoms with Crippen LogP contribution in [0, 0.1) is 0 Å². The lowest BCUT2D eigenvalue weighted by Gasteiger charge is -2.27. The summed E-state index contributed by atoms with van der Waals surface area (Å²) >= 11 is 0. The Balaban J connectivity index is 2.30. The number of nitrogens with zero attached hydrogens (tertiary/aromatic N) is 1. The van der Waals surface area contributed by atoms with Gasteiger partial charge in [-0.15, -0.1) is 0 Å². The van der Waals surface area contributed by atoms with Crippen molar-refractivity contribution >= 4 is 0 Å². The van der Waals surface area contributed by atoms with Crippen molar-refractivity contribution in [2.75, 3.05) is 20.1 Å². The van der Waals surface area contributed by atoms with E-state index in [4.69, 9.17) is 0 Å². The molecule has 0 unspecified atom stereocenters. The second kappa shape index (κ2) is 7.22. The van der Waals surface area contributed by atoms with Gasteiger partial charge >= 0.3 is 0 Å². The minimum atomic E-state index is -0.412. The van der Waals surface area contributed by atoms with Crippen LogP contribution in [0.15, 0.2) is 60.7 Å². The minimum absolute atomic E-state index is 0.0198. The molecule has 2 heteroatoms. The van der Waals surface area contributed by atoms with Crippen LogP contribution in [0.3, 0.4) is 0 Å². The molecule has 1 N–H and O–H groups in total. The van der Waals surface area contributed by atoms with Crippen LogP contribution >= 0.6 is 0 Å². The normalized spacial score (nSPS) is 12.8. The third kappa shape index (κ3) is 3.69. The van der Waals surface area contributed by atoms with Gasteiger partial charge in [0.25, 0.3) is 0 Å². The van der Waals surface area contributed by atoms with Crippen LogP contribution in [0.5, 0.6) is 0 Å². The van der Waals surface area contributed by atoms with Gasteiger partial charge in [0.05, 0.1) is 6.10 Å². The Labute approximate surface area is 121 Å². The van der Waals surface area contributed by atoms with Crippen LogP contribution in [0.4, 0.5) is 0 Å². The lowest BCUT2D eigenvalue weighted by atomic mass is 9.86. The molecule has 2 aromatic carbocycles. The van der Waals surface area contributed by atoms with Crippen molar-refractivity contribution in [2.45, 2.75) is 18.9 Å². The van der Waals surface area contributed by atoms with E-state index in [0.29, 0.717) is 6.54 Å². The first-order valence-corrected chi connectivity index (χ1v) is 7.19. The van der Waals surface area contributed by atoms with Gasteiger partial charge in [0.15, 0.2) is 0 Å². The SMILES string of the molecule is CCN(C)C[C@H](O)C(c1ccccc1)c1ccccc1. The zero-order valence-corrected chi connectivity index (χ0v) is 12.2. The minimum Gasteiger partial charge on any atom is -0.391 e. The third-order valence-corrected chi connectivity index (χ3v) is 3.74. The fourth-order valence-corrected chi connectivity index (χ4v) is 2.51. The van der Waals surface area contributed by atoms with Crippen LogP contribution in [-0.2, 0) is 0 Å². The fraction of sp³-hybridized carbons (Fsp3) is 0.333. The molecule has 0 fully saturated rings. The molecular weight excluding hydrogens is 246 g/mol. The van der Waals surface area contributed by atoms with E-state index < -0.39 is 6.10 Å². The van der Waals surface area contributed by atoms with E-state index in [-0.39, 0.29) is 5.92 Å². The second-order valence-corrected chi connectivity index (χ2v) is 5.22. The summed E-state index contributed by atoms with van der Waals surface area (Å²) in [5.74, 6) is 0.0198. The Morgan fingerprint density at radius 3 is 1.75 bits per heavy atom. The molecule has 0 amide bonds. The van der Waals surface area contributed by atoms with Gasteiger partial charge < -0.3 is 10.0 Å². The third-order valence-electron chi connectivity index (χ3n) is 3.74. The van der Waals surface area contributed by atoms with E-state index in [9.17, 15) is 5.11 Å². The Kier molecular flexibility index (Phi) is 5.33. The first kappa shape index (κ1) is 14.8. The summed E-state index contributed by atoms with van der Waals surface area (Å²) in [6, 6.07) is 20.5. The smallest absolute Gasteiger partial charge is 0.0775 e. The van der Waals surface area contributed by atoms with Gasteiger partial charge in [-0.2, -0.15) is 0 Å². The molecule has 0 aliphatic rings. The van der Waals surface area contributed by atoms with E-state index >= 15 is 0 Å². The lowest BCUT2D eigenvalue weighted by molar-refractivity contribution is 0.113. The molecule has 0 heterocycles. The molecule has 0 aromatic heterocycles. The van der Waals surface area contributed by atoms with Gasteiger partial charge in [-0.05, 0) is 24.7 Å². The summed E-state index contributed by atoms with van der Waals surface area (Å²) in [6.07, 6.45) is -0.412. The van der Waals surface area contributed by atoms with Crippen molar-refractivity contribution in [3.8, 4) is 0 Å². The zero-order chi connectivity index (χ0) is 14.4. The highest BCUT2D eigenvalue weighted by Gasteiger charge is 2.23. The summed E-state index contributed by atoms with van der Waals surface area (Å²) in [4.78, 5) is 2.14. The van der Waals surface area contributed by atoms with Gasteiger partial charge in [-0.1, -0.05) is 67.6 Å². The van der Waals surface area contributed by atoms with Crippen molar-refractivity contribution < 1.29 is 5.11 Å². The monoisotopic (exact) mass is 269 g/mol. The molecule has 1 atom stereocenters. The maximum absolute atomic E-state index is 10.7. The molecule has 0 saturated carbocycles. The number of likely N-dealkylation sites (N-methyl/N-ethyl adjacent to an activating group) is 1. The highest BCUT2D eigenvalue weighted by atomic mass is 16.3. The number of aliphatic hydroxyl groups is 1. The first-order chi connectivity index (χ1) is 9.72. The topological polar surface area (TPSA) is 23.5 Å². The Bertz CT molecular complexity index is 458. The van der Waals surface area contributed by atoms with E-state index in [1.807, 2.05) is 43.4 Å². The van der Waals surface area contributed by atoms with Gasteiger partial charge in [-0.25, -0.2) is 0 Å². The van der Waals surface area contributed by atoms with Crippen molar-refractivity contribution in [2.24, 2.45) is 0 Å². The predicted octanol–water partition coefficient (Wildman–Crippen LogP) is 3.13. The summed E-state index contributed by atoms with van der Waals surface area (Å²) < 4.78 is 0. The summed E-state index contributed by atoms with van der Waals surface area (Å²) in [6.45, 7) is 3.71. The van der Waals surface area contributed by atoms with Crippen molar-refractivity contribution in [1.82, 2.24) is 4.90 Å². The number of benzene rings is 2. The molecule has 0 spiro atoms. The standard InChI is InChI=1S/C18H23NO/c1-3-19(2)14-17(20)18(15-10-6-4-7-11-15)16-12-8-5-9-13-16/h4-13,17-18,20H,3,14H2,1-2H3/t17-/m0/s1. The van der Waals surface area contributed by atoms with Crippen molar-refractivity contribution in [1.29, 1.82) is 0 Å². The van der Waals surface area contributed by atoms with Gasteiger partial charge in [0.1, 0.15) is 0 Å². The largest absolute Gasteiger partial charge is 0.391 e. The van der Waals surface area contributed by atoms with Gasteiger partial charge in [0, 0.05) is 12.5 Å². The summed E-state index contributed by atoms with van der Waals surface area (Å²) in [5.41, 5.74) is 2.33. The van der Waals surface area contributed by atoms with Crippen LogP contribution in [0.25, 0.3) is 0 Å².